The first-order valence-electron chi connectivity index (χ1n) is 6.61. The topological polar surface area (TPSA) is 35.5 Å². The summed E-state index contributed by atoms with van der Waals surface area (Å²) >= 11 is 0. The van der Waals surface area contributed by atoms with E-state index in [0.29, 0.717) is 19.0 Å². The Balaban J connectivity index is 2.43. The minimum Gasteiger partial charge on any atom is -0.382 e. The molecule has 0 aromatic carbocycles. The minimum absolute atomic E-state index is 0.312. The van der Waals surface area contributed by atoms with E-state index in [-0.39, 0.29) is 6.54 Å². The zero-order valence-corrected chi connectivity index (χ0v) is 10.8. The van der Waals surface area contributed by atoms with Gasteiger partial charge in [0.1, 0.15) is 0 Å². The largest absolute Gasteiger partial charge is 0.415 e. The lowest BCUT2D eigenvalue weighted by Gasteiger charge is -2.31. The van der Waals surface area contributed by atoms with E-state index in [4.69, 9.17) is 5.11 Å². The van der Waals surface area contributed by atoms with E-state index in [1.165, 1.54) is 0 Å². The third kappa shape index (κ3) is 5.54. The average molecular weight is 268 g/mol. The van der Waals surface area contributed by atoms with Gasteiger partial charge in [0, 0.05) is 13.1 Å². The first-order chi connectivity index (χ1) is 8.43. The Morgan fingerprint density at radius 3 is 2.67 bits per heavy atom. The summed E-state index contributed by atoms with van der Waals surface area (Å²) in [6.07, 6.45) is -3.83. The van der Waals surface area contributed by atoms with Crippen LogP contribution in [-0.2, 0) is 0 Å². The number of aliphatic hydroxyl groups is 1. The number of piperidine rings is 1. The number of halogens is 3. The SMILES string of the molecule is CCCN(CC1CCCNC1)CC(O)C(F)(F)F. The molecule has 18 heavy (non-hydrogen) atoms. The summed E-state index contributed by atoms with van der Waals surface area (Å²) in [5.41, 5.74) is 0. The van der Waals surface area contributed by atoms with E-state index in [1.807, 2.05) is 6.92 Å². The third-order valence-corrected chi connectivity index (χ3v) is 3.26. The van der Waals surface area contributed by atoms with Crippen molar-refractivity contribution < 1.29 is 18.3 Å². The van der Waals surface area contributed by atoms with Gasteiger partial charge in [0.2, 0.25) is 0 Å². The standard InChI is InChI=1S/C12H23F3N2O/c1-2-6-17(9-11(18)12(13,14)15)8-10-4-3-5-16-7-10/h10-11,16,18H,2-9H2,1H3. The second-order valence-corrected chi connectivity index (χ2v) is 5.03. The predicted octanol–water partition coefficient (Wildman–Crippen LogP) is 1.62. The molecule has 1 aliphatic rings. The summed E-state index contributed by atoms with van der Waals surface area (Å²) in [6.45, 7) is 4.72. The quantitative estimate of drug-likeness (QED) is 0.768. The Morgan fingerprint density at radius 1 is 1.44 bits per heavy atom. The molecule has 2 atom stereocenters. The van der Waals surface area contributed by atoms with Crippen molar-refractivity contribution in [2.75, 3.05) is 32.7 Å². The highest BCUT2D eigenvalue weighted by molar-refractivity contribution is 4.76. The van der Waals surface area contributed by atoms with Gasteiger partial charge in [0.25, 0.3) is 0 Å². The van der Waals surface area contributed by atoms with Gasteiger partial charge in [-0.25, -0.2) is 0 Å². The van der Waals surface area contributed by atoms with E-state index in [1.54, 1.807) is 4.90 Å². The van der Waals surface area contributed by atoms with Gasteiger partial charge < -0.3 is 15.3 Å². The molecular weight excluding hydrogens is 245 g/mol. The normalized spacial score (nSPS) is 23.3. The first-order valence-corrected chi connectivity index (χ1v) is 6.61. The van der Waals surface area contributed by atoms with Crippen LogP contribution in [0, 0.1) is 5.92 Å². The highest BCUT2D eigenvalue weighted by atomic mass is 19.4. The molecule has 0 bridgehead atoms. The average Bonchev–Trinajstić information content (AvgIpc) is 2.29. The lowest BCUT2D eigenvalue weighted by atomic mass is 9.99. The van der Waals surface area contributed by atoms with Crippen LogP contribution in [0.2, 0.25) is 0 Å². The first kappa shape index (κ1) is 15.7. The molecule has 0 radical (unpaired) electrons. The van der Waals surface area contributed by atoms with Crippen LogP contribution in [-0.4, -0.2) is 55.0 Å². The molecule has 1 saturated heterocycles. The second-order valence-electron chi connectivity index (χ2n) is 5.03. The predicted molar refractivity (Wildman–Crippen MR) is 64.4 cm³/mol. The number of rotatable bonds is 6. The fourth-order valence-electron chi connectivity index (χ4n) is 2.37. The Kier molecular flexibility index (Phi) is 6.38. The van der Waals surface area contributed by atoms with E-state index in [2.05, 4.69) is 5.32 Å². The number of hydrogen-bond acceptors (Lipinski definition) is 3. The van der Waals surface area contributed by atoms with Crippen LogP contribution in [0.25, 0.3) is 0 Å². The van der Waals surface area contributed by atoms with E-state index < -0.39 is 12.3 Å². The summed E-state index contributed by atoms with van der Waals surface area (Å²) in [5.74, 6) is 0.394. The number of nitrogens with zero attached hydrogens (tertiary/aromatic N) is 1. The summed E-state index contributed by atoms with van der Waals surface area (Å²) in [6, 6.07) is 0. The van der Waals surface area contributed by atoms with Crippen LogP contribution in [0.5, 0.6) is 0 Å². The van der Waals surface area contributed by atoms with Gasteiger partial charge in [0.15, 0.2) is 6.10 Å². The van der Waals surface area contributed by atoms with E-state index in [9.17, 15) is 13.2 Å². The van der Waals surface area contributed by atoms with E-state index in [0.717, 1.165) is 32.4 Å². The van der Waals surface area contributed by atoms with Crippen molar-refractivity contribution in [3.63, 3.8) is 0 Å². The minimum atomic E-state index is -4.52. The fourth-order valence-corrected chi connectivity index (χ4v) is 2.37. The molecule has 2 unspecified atom stereocenters. The summed E-state index contributed by atoms with van der Waals surface area (Å²) in [5, 5.41) is 12.4. The Bertz CT molecular complexity index is 230. The van der Waals surface area contributed by atoms with Crippen molar-refractivity contribution in [2.24, 2.45) is 5.92 Å². The molecule has 0 aromatic rings. The Labute approximate surface area is 106 Å². The van der Waals surface area contributed by atoms with Gasteiger partial charge in [0.05, 0.1) is 0 Å². The van der Waals surface area contributed by atoms with Crippen LogP contribution in [0.15, 0.2) is 0 Å². The monoisotopic (exact) mass is 268 g/mol. The van der Waals surface area contributed by atoms with Crippen LogP contribution in [0.4, 0.5) is 13.2 Å². The van der Waals surface area contributed by atoms with Crippen molar-refractivity contribution in [1.82, 2.24) is 10.2 Å². The van der Waals surface area contributed by atoms with Gasteiger partial charge in [-0.1, -0.05) is 6.92 Å². The number of hydrogen-bond donors (Lipinski definition) is 2. The molecule has 0 aliphatic carbocycles. The zero-order chi connectivity index (χ0) is 13.6. The number of nitrogens with one attached hydrogen (secondary N) is 1. The molecule has 0 spiro atoms. The molecule has 0 aromatic heterocycles. The van der Waals surface area contributed by atoms with Gasteiger partial charge in [-0.15, -0.1) is 0 Å². The molecule has 3 nitrogen and oxygen atoms in total. The third-order valence-electron chi connectivity index (χ3n) is 3.26. The molecule has 0 saturated carbocycles. The van der Waals surface area contributed by atoms with Crippen LogP contribution < -0.4 is 5.32 Å². The number of alkyl halides is 3. The van der Waals surface area contributed by atoms with Gasteiger partial charge in [-0.05, 0) is 44.8 Å². The second kappa shape index (κ2) is 7.31. The lowest BCUT2D eigenvalue weighted by Crippen LogP contribution is -2.45. The van der Waals surface area contributed by atoms with Crippen LogP contribution >= 0.6 is 0 Å². The lowest BCUT2D eigenvalue weighted by molar-refractivity contribution is -0.208. The van der Waals surface area contributed by atoms with Crippen molar-refractivity contribution in [3.8, 4) is 0 Å². The molecule has 1 fully saturated rings. The van der Waals surface area contributed by atoms with Crippen LogP contribution in [0.1, 0.15) is 26.2 Å². The molecule has 2 N–H and O–H groups in total. The maximum Gasteiger partial charge on any atom is 0.415 e. The molecule has 6 heteroatoms. The van der Waals surface area contributed by atoms with Crippen molar-refractivity contribution in [1.29, 1.82) is 0 Å². The summed E-state index contributed by atoms with van der Waals surface area (Å²) in [4.78, 5) is 1.73. The van der Waals surface area contributed by atoms with Gasteiger partial charge in [-0.2, -0.15) is 13.2 Å². The fraction of sp³-hybridized carbons (Fsp3) is 1.00. The maximum atomic E-state index is 12.3. The highest BCUT2D eigenvalue weighted by Gasteiger charge is 2.39. The smallest absolute Gasteiger partial charge is 0.382 e. The molecule has 1 aliphatic heterocycles. The van der Waals surface area contributed by atoms with Crippen LogP contribution in [0.3, 0.4) is 0 Å². The Hall–Kier alpha value is -0.330. The molecular formula is C12H23F3N2O. The zero-order valence-electron chi connectivity index (χ0n) is 10.8. The number of aliphatic hydroxyl groups excluding tert-OH is 1. The van der Waals surface area contributed by atoms with Crippen molar-refractivity contribution >= 4 is 0 Å². The molecule has 1 rings (SSSR count). The van der Waals surface area contributed by atoms with Crippen molar-refractivity contribution in [2.45, 2.75) is 38.5 Å². The van der Waals surface area contributed by atoms with Gasteiger partial charge in [-0.3, -0.25) is 0 Å². The highest BCUT2D eigenvalue weighted by Crippen LogP contribution is 2.21. The van der Waals surface area contributed by atoms with Crippen molar-refractivity contribution in [3.05, 3.63) is 0 Å². The summed E-state index contributed by atoms with van der Waals surface area (Å²) < 4.78 is 37.0. The molecule has 1 heterocycles. The maximum absolute atomic E-state index is 12.3. The molecule has 0 amide bonds. The Morgan fingerprint density at radius 2 is 2.17 bits per heavy atom. The van der Waals surface area contributed by atoms with Gasteiger partial charge >= 0.3 is 6.18 Å². The molecule has 108 valence electrons. The van der Waals surface area contributed by atoms with E-state index >= 15 is 0 Å². The summed E-state index contributed by atoms with van der Waals surface area (Å²) in [7, 11) is 0.